The predicted octanol–water partition coefficient (Wildman–Crippen LogP) is 2.35. The normalized spacial score (nSPS) is 19.6. The largest absolute Gasteiger partial charge is 0.313 e. The molecule has 1 fully saturated rings. The Balaban J connectivity index is 1.94. The van der Waals surface area contributed by atoms with Gasteiger partial charge in [-0.1, -0.05) is 12.8 Å². The predicted molar refractivity (Wildman–Crippen MR) is 61.7 cm³/mol. The molecule has 1 heterocycles. The van der Waals surface area contributed by atoms with Gasteiger partial charge in [-0.05, 0) is 32.7 Å². The Bertz CT molecular complexity index is 300. The molecular formula is C12H21N3. The topological polar surface area (TPSA) is 29.9 Å². The molecule has 3 heteroatoms. The third kappa shape index (κ3) is 2.59. The van der Waals surface area contributed by atoms with Crippen LogP contribution in [0.2, 0.25) is 0 Å². The maximum absolute atomic E-state index is 4.43. The maximum Gasteiger partial charge on any atom is 0.0537 e. The van der Waals surface area contributed by atoms with Crippen molar-refractivity contribution >= 4 is 0 Å². The number of nitrogens with one attached hydrogen (secondary N) is 1. The van der Waals surface area contributed by atoms with E-state index in [-0.39, 0.29) is 0 Å². The summed E-state index contributed by atoms with van der Waals surface area (Å²) in [5, 5.41) is 7.66. The molecule has 1 aliphatic rings. The van der Waals surface area contributed by atoms with Crippen LogP contribution in [0.15, 0.2) is 12.4 Å². The minimum atomic E-state index is 0.405. The van der Waals surface area contributed by atoms with Crippen molar-refractivity contribution in [3.63, 3.8) is 0 Å². The van der Waals surface area contributed by atoms with Crippen molar-refractivity contribution in [2.75, 3.05) is 7.05 Å². The fourth-order valence-corrected chi connectivity index (χ4v) is 2.33. The highest BCUT2D eigenvalue weighted by Gasteiger charge is 2.16. The number of nitrogens with zero attached hydrogens (tertiary/aromatic N) is 2. The van der Waals surface area contributed by atoms with E-state index in [1.807, 2.05) is 13.2 Å². The first-order valence-electron chi connectivity index (χ1n) is 5.99. The van der Waals surface area contributed by atoms with Crippen LogP contribution >= 0.6 is 0 Å². The van der Waals surface area contributed by atoms with Gasteiger partial charge in [0.05, 0.1) is 6.20 Å². The molecule has 1 unspecified atom stereocenters. The molecule has 2 rings (SSSR count). The number of rotatable bonds is 4. The Hall–Kier alpha value is -0.830. The molecule has 0 aromatic carbocycles. The molecule has 0 bridgehead atoms. The van der Waals surface area contributed by atoms with E-state index in [4.69, 9.17) is 0 Å². The zero-order valence-electron chi connectivity index (χ0n) is 9.74. The standard InChI is InChI=1S/C12H21N3/c1-10(13-2)12-7-14-15(9-12)8-11-5-3-4-6-11/h7,9-11,13H,3-6,8H2,1-2H3. The first kappa shape index (κ1) is 10.7. The number of hydrogen-bond acceptors (Lipinski definition) is 2. The van der Waals surface area contributed by atoms with Crippen LogP contribution in [-0.4, -0.2) is 16.8 Å². The van der Waals surface area contributed by atoms with Crippen LogP contribution in [0.25, 0.3) is 0 Å². The minimum Gasteiger partial charge on any atom is -0.313 e. The Morgan fingerprint density at radius 2 is 2.27 bits per heavy atom. The average molecular weight is 207 g/mol. The lowest BCUT2D eigenvalue weighted by Gasteiger charge is -2.09. The molecule has 1 saturated carbocycles. The molecule has 1 aromatic rings. The number of aromatic nitrogens is 2. The van der Waals surface area contributed by atoms with Gasteiger partial charge < -0.3 is 5.32 Å². The van der Waals surface area contributed by atoms with Crippen molar-refractivity contribution in [1.29, 1.82) is 0 Å². The van der Waals surface area contributed by atoms with Gasteiger partial charge in [0.2, 0.25) is 0 Å². The van der Waals surface area contributed by atoms with Crippen LogP contribution in [0, 0.1) is 5.92 Å². The molecule has 3 nitrogen and oxygen atoms in total. The second-order valence-corrected chi connectivity index (χ2v) is 4.66. The van der Waals surface area contributed by atoms with Crippen molar-refractivity contribution in [2.24, 2.45) is 5.92 Å². The van der Waals surface area contributed by atoms with Gasteiger partial charge in [-0.25, -0.2) is 0 Å². The van der Waals surface area contributed by atoms with Crippen LogP contribution in [-0.2, 0) is 6.54 Å². The summed E-state index contributed by atoms with van der Waals surface area (Å²) in [5.41, 5.74) is 1.29. The van der Waals surface area contributed by atoms with Crippen molar-refractivity contribution in [3.05, 3.63) is 18.0 Å². The monoisotopic (exact) mass is 207 g/mol. The summed E-state index contributed by atoms with van der Waals surface area (Å²) in [4.78, 5) is 0. The van der Waals surface area contributed by atoms with E-state index in [1.165, 1.54) is 31.2 Å². The quantitative estimate of drug-likeness (QED) is 0.821. The lowest BCUT2D eigenvalue weighted by Crippen LogP contribution is -2.12. The molecule has 15 heavy (non-hydrogen) atoms. The average Bonchev–Trinajstić information content (AvgIpc) is 2.88. The maximum atomic E-state index is 4.43. The summed E-state index contributed by atoms with van der Waals surface area (Å²) in [7, 11) is 1.99. The third-order valence-corrected chi connectivity index (χ3v) is 3.51. The summed E-state index contributed by atoms with van der Waals surface area (Å²) < 4.78 is 2.11. The SMILES string of the molecule is CNC(C)c1cnn(CC2CCCC2)c1. The highest BCUT2D eigenvalue weighted by atomic mass is 15.3. The highest BCUT2D eigenvalue weighted by molar-refractivity contribution is 5.08. The van der Waals surface area contributed by atoms with E-state index in [0.717, 1.165) is 12.5 Å². The molecular weight excluding hydrogens is 186 g/mol. The van der Waals surface area contributed by atoms with Crippen molar-refractivity contribution in [2.45, 2.75) is 45.2 Å². The first-order chi connectivity index (χ1) is 7.29. The van der Waals surface area contributed by atoms with E-state index in [1.54, 1.807) is 0 Å². The van der Waals surface area contributed by atoms with Gasteiger partial charge in [0, 0.05) is 24.3 Å². The molecule has 0 radical (unpaired) electrons. The van der Waals surface area contributed by atoms with Crippen molar-refractivity contribution < 1.29 is 0 Å². The summed E-state index contributed by atoms with van der Waals surface area (Å²) in [6, 6.07) is 0.405. The zero-order valence-corrected chi connectivity index (χ0v) is 9.74. The molecule has 0 aliphatic heterocycles. The fraction of sp³-hybridized carbons (Fsp3) is 0.750. The fourth-order valence-electron chi connectivity index (χ4n) is 2.33. The molecule has 1 aliphatic carbocycles. The van der Waals surface area contributed by atoms with Gasteiger partial charge in [-0.3, -0.25) is 4.68 Å². The lowest BCUT2D eigenvalue weighted by molar-refractivity contribution is 0.428. The van der Waals surface area contributed by atoms with Crippen molar-refractivity contribution in [3.8, 4) is 0 Å². The van der Waals surface area contributed by atoms with E-state index in [9.17, 15) is 0 Å². The Morgan fingerprint density at radius 3 is 2.93 bits per heavy atom. The van der Waals surface area contributed by atoms with E-state index in [0.29, 0.717) is 6.04 Å². The van der Waals surface area contributed by atoms with Gasteiger partial charge in [-0.2, -0.15) is 5.10 Å². The summed E-state index contributed by atoms with van der Waals surface area (Å²) in [6.07, 6.45) is 9.75. The Morgan fingerprint density at radius 1 is 1.53 bits per heavy atom. The minimum absolute atomic E-state index is 0.405. The Labute approximate surface area is 91.9 Å². The molecule has 0 amide bonds. The van der Waals surface area contributed by atoms with Crippen LogP contribution in [0.3, 0.4) is 0 Å². The summed E-state index contributed by atoms with van der Waals surface area (Å²) in [5.74, 6) is 0.864. The lowest BCUT2D eigenvalue weighted by atomic mass is 10.1. The smallest absolute Gasteiger partial charge is 0.0537 e. The highest BCUT2D eigenvalue weighted by Crippen LogP contribution is 2.26. The molecule has 0 saturated heterocycles. The van der Waals surface area contributed by atoms with Gasteiger partial charge >= 0.3 is 0 Å². The first-order valence-corrected chi connectivity index (χ1v) is 5.99. The molecule has 84 valence electrons. The van der Waals surface area contributed by atoms with Crippen LogP contribution < -0.4 is 5.32 Å². The zero-order chi connectivity index (χ0) is 10.7. The van der Waals surface area contributed by atoms with Gasteiger partial charge in [0.15, 0.2) is 0 Å². The van der Waals surface area contributed by atoms with Crippen LogP contribution in [0.4, 0.5) is 0 Å². The molecule has 0 spiro atoms. The van der Waals surface area contributed by atoms with Crippen molar-refractivity contribution in [1.82, 2.24) is 15.1 Å². The summed E-state index contributed by atoms with van der Waals surface area (Å²) >= 11 is 0. The molecule has 1 N–H and O–H groups in total. The third-order valence-electron chi connectivity index (χ3n) is 3.51. The summed E-state index contributed by atoms with van der Waals surface area (Å²) in [6.45, 7) is 3.27. The number of hydrogen-bond donors (Lipinski definition) is 1. The second kappa shape index (κ2) is 4.79. The Kier molecular flexibility index (Phi) is 3.41. The van der Waals surface area contributed by atoms with Gasteiger partial charge in [-0.15, -0.1) is 0 Å². The van der Waals surface area contributed by atoms with E-state index >= 15 is 0 Å². The molecule has 1 aromatic heterocycles. The van der Waals surface area contributed by atoms with Gasteiger partial charge in [0.25, 0.3) is 0 Å². The molecule has 1 atom stereocenters. The van der Waals surface area contributed by atoms with E-state index < -0.39 is 0 Å². The van der Waals surface area contributed by atoms with Crippen LogP contribution in [0.5, 0.6) is 0 Å². The van der Waals surface area contributed by atoms with Gasteiger partial charge in [0.1, 0.15) is 0 Å². The van der Waals surface area contributed by atoms with E-state index in [2.05, 4.69) is 28.2 Å². The van der Waals surface area contributed by atoms with Crippen LogP contribution in [0.1, 0.15) is 44.2 Å². The second-order valence-electron chi connectivity index (χ2n) is 4.66.